The molecule has 1 atom stereocenters. The van der Waals surface area contributed by atoms with Gasteiger partial charge in [-0.1, -0.05) is 48.2 Å². The molecule has 1 unspecified atom stereocenters. The molecule has 7 heteroatoms. The summed E-state index contributed by atoms with van der Waals surface area (Å²) < 4.78 is 10.6. The molecular formula is C26H25N3O3S. The number of para-hydroxylation sites is 1. The molecule has 0 aromatic heterocycles. The number of hydrogen-bond donors (Lipinski definition) is 2. The molecule has 0 radical (unpaired) electrons. The van der Waals surface area contributed by atoms with Gasteiger partial charge in [0.1, 0.15) is 11.6 Å². The van der Waals surface area contributed by atoms with Gasteiger partial charge in [0.2, 0.25) is 0 Å². The van der Waals surface area contributed by atoms with Crippen molar-refractivity contribution in [1.82, 2.24) is 5.32 Å². The van der Waals surface area contributed by atoms with Crippen molar-refractivity contribution < 1.29 is 14.3 Å². The normalized spacial score (nSPS) is 11.8. The van der Waals surface area contributed by atoms with Gasteiger partial charge < -0.3 is 20.1 Å². The Morgan fingerprint density at radius 2 is 1.70 bits per heavy atom. The third-order valence-corrected chi connectivity index (χ3v) is 5.94. The number of ether oxygens (including phenoxy) is 2. The van der Waals surface area contributed by atoms with Crippen molar-refractivity contribution >= 4 is 23.4 Å². The van der Waals surface area contributed by atoms with Crippen LogP contribution in [0, 0.1) is 11.3 Å². The average molecular weight is 460 g/mol. The summed E-state index contributed by atoms with van der Waals surface area (Å²) in [5, 5.41) is 15.5. The Bertz CT molecular complexity index is 1170. The van der Waals surface area contributed by atoms with Gasteiger partial charge in [0.05, 0.1) is 19.9 Å². The fourth-order valence-electron chi connectivity index (χ4n) is 3.04. The highest BCUT2D eigenvalue weighted by molar-refractivity contribution is 7.99. The lowest BCUT2D eigenvalue weighted by Gasteiger charge is -2.16. The lowest BCUT2D eigenvalue weighted by molar-refractivity contribution is -0.112. The van der Waals surface area contributed by atoms with E-state index >= 15 is 0 Å². The highest BCUT2D eigenvalue weighted by Gasteiger charge is 2.14. The summed E-state index contributed by atoms with van der Waals surface area (Å²) in [4.78, 5) is 14.7. The molecule has 6 nitrogen and oxygen atoms in total. The summed E-state index contributed by atoms with van der Waals surface area (Å²) in [6.07, 6.45) is 1.43. The monoisotopic (exact) mass is 459 g/mol. The van der Waals surface area contributed by atoms with Crippen molar-refractivity contribution in [2.75, 3.05) is 19.5 Å². The van der Waals surface area contributed by atoms with Gasteiger partial charge in [0, 0.05) is 22.0 Å². The Hall–Kier alpha value is -3.89. The second-order valence-corrected chi connectivity index (χ2v) is 8.15. The van der Waals surface area contributed by atoms with Crippen LogP contribution in [0.3, 0.4) is 0 Å². The molecule has 0 aliphatic heterocycles. The summed E-state index contributed by atoms with van der Waals surface area (Å²) in [6.45, 7) is 1.93. The molecule has 0 fully saturated rings. The first-order valence-corrected chi connectivity index (χ1v) is 11.1. The summed E-state index contributed by atoms with van der Waals surface area (Å²) in [7, 11) is 3.15. The molecule has 0 bridgehead atoms. The smallest absolute Gasteiger partial charge is 0.267 e. The Balaban J connectivity index is 1.71. The topological polar surface area (TPSA) is 83.4 Å². The molecule has 2 N–H and O–H groups in total. The van der Waals surface area contributed by atoms with Gasteiger partial charge in [-0.15, -0.1) is 0 Å². The average Bonchev–Trinajstić information content (AvgIpc) is 2.85. The van der Waals surface area contributed by atoms with E-state index in [0.29, 0.717) is 17.2 Å². The van der Waals surface area contributed by atoms with Crippen LogP contribution in [0.25, 0.3) is 0 Å². The first kappa shape index (κ1) is 23.8. The number of rotatable bonds is 9. The van der Waals surface area contributed by atoms with Crippen LogP contribution in [0.2, 0.25) is 0 Å². The first-order chi connectivity index (χ1) is 16.0. The number of methoxy groups -OCH3 is 2. The summed E-state index contributed by atoms with van der Waals surface area (Å²) in [5.41, 5.74) is 1.54. The highest BCUT2D eigenvalue weighted by Crippen LogP contribution is 2.33. The van der Waals surface area contributed by atoms with Crippen LogP contribution in [0.4, 0.5) is 5.69 Å². The van der Waals surface area contributed by atoms with Crippen LogP contribution >= 0.6 is 11.8 Å². The van der Waals surface area contributed by atoms with Crippen LogP contribution in [-0.4, -0.2) is 20.1 Å². The van der Waals surface area contributed by atoms with Crippen LogP contribution < -0.4 is 20.1 Å². The van der Waals surface area contributed by atoms with E-state index < -0.39 is 5.91 Å². The summed E-state index contributed by atoms with van der Waals surface area (Å²) in [6, 6.07) is 24.8. The highest BCUT2D eigenvalue weighted by atomic mass is 32.2. The van der Waals surface area contributed by atoms with Crippen molar-refractivity contribution in [2.45, 2.75) is 22.8 Å². The van der Waals surface area contributed by atoms with E-state index in [4.69, 9.17) is 9.47 Å². The van der Waals surface area contributed by atoms with Crippen molar-refractivity contribution in [2.24, 2.45) is 0 Å². The van der Waals surface area contributed by atoms with Crippen LogP contribution in [0.15, 0.2) is 94.4 Å². The van der Waals surface area contributed by atoms with Gasteiger partial charge in [0.15, 0.2) is 11.5 Å². The molecular weight excluding hydrogens is 434 g/mol. The standard InChI is InChI=1S/C26H25N3O3S/c1-18(19-13-14-23(31-2)24(15-19)32-3)28-17-20(16-27)26(30)29-22-11-7-8-12-25(22)33-21-9-5-4-6-10-21/h4-15,17-18,28H,1-3H3,(H,29,30)/b20-17-. The number of benzene rings is 3. The van der Waals surface area contributed by atoms with E-state index in [1.807, 2.05) is 85.8 Å². The lowest BCUT2D eigenvalue weighted by Crippen LogP contribution is -2.19. The Labute approximate surface area is 198 Å². The third kappa shape index (κ3) is 6.31. The molecule has 0 aliphatic carbocycles. The Kier molecular flexibility index (Phi) is 8.39. The molecule has 3 aromatic rings. The van der Waals surface area contributed by atoms with Crippen molar-refractivity contribution in [3.63, 3.8) is 0 Å². The van der Waals surface area contributed by atoms with E-state index in [2.05, 4.69) is 10.6 Å². The maximum atomic E-state index is 12.8. The van der Waals surface area contributed by atoms with E-state index in [1.54, 1.807) is 26.0 Å². The minimum Gasteiger partial charge on any atom is -0.493 e. The van der Waals surface area contributed by atoms with Crippen LogP contribution in [0.5, 0.6) is 11.5 Å². The second-order valence-electron chi connectivity index (χ2n) is 7.04. The lowest BCUT2D eigenvalue weighted by atomic mass is 10.1. The zero-order valence-electron chi connectivity index (χ0n) is 18.7. The summed E-state index contributed by atoms with van der Waals surface area (Å²) in [5.74, 6) is 0.761. The molecule has 0 saturated heterocycles. The quantitative estimate of drug-likeness (QED) is 0.322. The predicted molar refractivity (Wildman–Crippen MR) is 130 cm³/mol. The molecule has 3 rings (SSSR count). The van der Waals surface area contributed by atoms with Crippen molar-refractivity contribution in [3.8, 4) is 17.6 Å². The fraction of sp³-hybridized carbons (Fsp3) is 0.154. The second kappa shape index (κ2) is 11.7. The number of hydrogen-bond acceptors (Lipinski definition) is 6. The molecule has 3 aromatic carbocycles. The predicted octanol–water partition coefficient (Wildman–Crippen LogP) is 5.55. The third-order valence-electron chi connectivity index (χ3n) is 4.86. The maximum Gasteiger partial charge on any atom is 0.267 e. The van der Waals surface area contributed by atoms with E-state index in [0.717, 1.165) is 15.4 Å². The maximum absolute atomic E-state index is 12.8. The SMILES string of the molecule is COc1ccc(C(C)N/C=C(/C#N)C(=O)Nc2ccccc2Sc2ccccc2)cc1OC. The van der Waals surface area contributed by atoms with Crippen LogP contribution in [0.1, 0.15) is 18.5 Å². The minimum absolute atomic E-state index is 0.0261. The van der Waals surface area contributed by atoms with Gasteiger partial charge in [0.25, 0.3) is 5.91 Å². The number of carbonyl (C=O) groups excluding carboxylic acids is 1. The number of nitrogens with zero attached hydrogens (tertiary/aromatic N) is 1. The van der Waals surface area contributed by atoms with Gasteiger partial charge in [-0.05, 0) is 48.9 Å². The summed E-state index contributed by atoms with van der Waals surface area (Å²) >= 11 is 1.54. The van der Waals surface area contributed by atoms with E-state index in [1.165, 1.54) is 6.20 Å². The van der Waals surface area contributed by atoms with Crippen molar-refractivity contribution in [1.29, 1.82) is 5.26 Å². The molecule has 1 amide bonds. The van der Waals surface area contributed by atoms with Gasteiger partial charge in [-0.25, -0.2) is 0 Å². The first-order valence-electron chi connectivity index (χ1n) is 10.3. The van der Waals surface area contributed by atoms with Crippen molar-refractivity contribution in [3.05, 3.63) is 90.1 Å². The Morgan fingerprint density at radius 3 is 2.39 bits per heavy atom. The fourth-order valence-corrected chi connectivity index (χ4v) is 3.96. The molecule has 0 aliphatic rings. The van der Waals surface area contributed by atoms with Gasteiger partial charge in [-0.3, -0.25) is 4.79 Å². The Morgan fingerprint density at radius 1 is 1.00 bits per heavy atom. The number of nitrogens with one attached hydrogen (secondary N) is 2. The number of anilines is 1. The molecule has 33 heavy (non-hydrogen) atoms. The van der Waals surface area contributed by atoms with Gasteiger partial charge in [-0.2, -0.15) is 5.26 Å². The van der Waals surface area contributed by atoms with Crippen LogP contribution in [-0.2, 0) is 4.79 Å². The molecule has 0 heterocycles. The number of amides is 1. The molecule has 168 valence electrons. The number of carbonyl (C=O) groups is 1. The molecule has 0 spiro atoms. The zero-order chi connectivity index (χ0) is 23.6. The number of nitriles is 1. The largest absolute Gasteiger partial charge is 0.493 e. The van der Waals surface area contributed by atoms with E-state index in [-0.39, 0.29) is 11.6 Å². The minimum atomic E-state index is -0.481. The van der Waals surface area contributed by atoms with E-state index in [9.17, 15) is 10.1 Å². The molecule has 0 saturated carbocycles. The zero-order valence-corrected chi connectivity index (χ0v) is 19.5. The van der Waals surface area contributed by atoms with Gasteiger partial charge >= 0.3 is 0 Å².